The van der Waals surface area contributed by atoms with Crippen molar-refractivity contribution in [2.45, 2.75) is 33.4 Å². The molecule has 0 spiro atoms. The maximum atomic E-state index is 12.1. The third kappa shape index (κ3) is 5.42. The molecule has 0 aliphatic heterocycles. The summed E-state index contributed by atoms with van der Waals surface area (Å²) >= 11 is 0. The molecule has 0 aliphatic carbocycles. The van der Waals surface area contributed by atoms with Crippen molar-refractivity contribution in [3.05, 3.63) is 47.7 Å². The zero-order valence-electron chi connectivity index (χ0n) is 14.8. The number of aryl methyl sites for hydroxylation is 1. The maximum Gasteiger partial charge on any atom is 0.244 e. The molecule has 0 saturated carbocycles. The fourth-order valence-corrected chi connectivity index (χ4v) is 2.30. The van der Waals surface area contributed by atoms with E-state index in [0.717, 1.165) is 11.3 Å². The number of nitrogens with one attached hydrogen (secondary N) is 2. The van der Waals surface area contributed by atoms with Gasteiger partial charge in [-0.05, 0) is 18.4 Å². The van der Waals surface area contributed by atoms with E-state index in [1.165, 1.54) is 0 Å². The van der Waals surface area contributed by atoms with Gasteiger partial charge in [-0.2, -0.15) is 5.10 Å². The zero-order valence-corrected chi connectivity index (χ0v) is 14.8. The van der Waals surface area contributed by atoms with E-state index < -0.39 is 6.04 Å². The molecule has 2 rings (SSSR count). The van der Waals surface area contributed by atoms with Crippen LogP contribution in [-0.2, 0) is 16.1 Å². The lowest BCUT2D eigenvalue weighted by atomic mass is 10.1. The fourth-order valence-electron chi connectivity index (χ4n) is 2.30. The number of carbonyl (C=O) groups is 2. The average molecular weight is 343 g/mol. The van der Waals surface area contributed by atoms with Crippen LogP contribution >= 0.6 is 0 Å². The molecule has 25 heavy (non-hydrogen) atoms. The predicted octanol–water partition coefficient (Wildman–Crippen LogP) is 1.28. The Balaban J connectivity index is 1.96. The van der Waals surface area contributed by atoms with Crippen molar-refractivity contribution in [1.29, 1.82) is 0 Å². The summed E-state index contributed by atoms with van der Waals surface area (Å²) in [5.41, 5.74) is 7.64. The third-order valence-electron chi connectivity index (χ3n) is 3.79. The van der Waals surface area contributed by atoms with Crippen molar-refractivity contribution in [2.24, 2.45) is 11.7 Å². The Bertz CT molecular complexity index is 724. The summed E-state index contributed by atoms with van der Waals surface area (Å²) in [4.78, 5) is 23.9. The molecule has 0 aliphatic rings. The molecule has 0 fully saturated rings. The van der Waals surface area contributed by atoms with Crippen LogP contribution in [0.15, 0.2) is 36.4 Å². The number of nitrogens with zero attached hydrogens (tertiary/aromatic N) is 2. The molecule has 1 heterocycles. The Hall–Kier alpha value is -2.67. The summed E-state index contributed by atoms with van der Waals surface area (Å²) in [6, 6.07) is 11.0. The standard InChI is InChI=1S/C18H25N5O2/c1-12(2)17(19)18(25)20-10-16(24)21-15-9-13(3)22-23(15)11-14-7-5-4-6-8-14/h4-9,12,17H,10-11,19H2,1-3H3,(H,20,25)(H,21,24)/t17-/m0/s1. The van der Waals surface area contributed by atoms with E-state index in [2.05, 4.69) is 15.7 Å². The van der Waals surface area contributed by atoms with E-state index in [1.54, 1.807) is 10.7 Å². The van der Waals surface area contributed by atoms with Gasteiger partial charge in [-0.3, -0.25) is 9.59 Å². The minimum atomic E-state index is -0.626. The quantitative estimate of drug-likeness (QED) is 0.705. The smallest absolute Gasteiger partial charge is 0.244 e. The molecule has 134 valence electrons. The van der Waals surface area contributed by atoms with Crippen LogP contribution in [0, 0.1) is 12.8 Å². The van der Waals surface area contributed by atoms with Gasteiger partial charge in [-0.1, -0.05) is 44.2 Å². The lowest BCUT2D eigenvalue weighted by Gasteiger charge is -2.15. The normalized spacial score (nSPS) is 12.0. The lowest BCUT2D eigenvalue weighted by molar-refractivity contribution is -0.125. The predicted molar refractivity (Wildman–Crippen MR) is 97.0 cm³/mol. The van der Waals surface area contributed by atoms with Crippen LogP contribution in [0.4, 0.5) is 5.82 Å². The molecular formula is C18H25N5O2. The molecule has 2 amide bonds. The van der Waals surface area contributed by atoms with E-state index in [1.807, 2.05) is 51.1 Å². The topological polar surface area (TPSA) is 102 Å². The lowest BCUT2D eigenvalue weighted by Crippen LogP contribution is -2.46. The Morgan fingerprint density at radius 3 is 2.56 bits per heavy atom. The Kier molecular flexibility index (Phi) is 6.30. The summed E-state index contributed by atoms with van der Waals surface area (Å²) in [7, 11) is 0. The van der Waals surface area contributed by atoms with Crippen LogP contribution < -0.4 is 16.4 Å². The number of nitrogens with two attached hydrogens (primary N) is 1. The molecule has 7 heteroatoms. The summed E-state index contributed by atoms with van der Waals surface area (Å²) in [5.74, 6) is -0.0515. The van der Waals surface area contributed by atoms with Crippen LogP contribution in [-0.4, -0.2) is 34.2 Å². The van der Waals surface area contributed by atoms with Gasteiger partial charge in [0.25, 0.3) is 0 Å². The van der Waals surface area contributed by atoms with Crippen LogP contribution in [0.25, 0.3) is 0 Å². The molecule has 1 atom stereocenters. The van der Waals surface area contributed by atoms with E-state index in [-0.39, 0.29) is 24.3 Å². The number of carbonyl (C=O) groups excluding carboxylic acids is 2. The van der Waals surface area contributed by atoms with Crippen molar-refractivity contribution in [3.63, 3.8) is 0 Å². The summed E-state index contributed by atoms with van der Waals surface area (Å²) in [5, 5.41) is 9.74. The van der Waals surface area contributed by atoms with E-state index in [9.17, 15) is 9.59 Å². The van der Waals surface area contributed by atoms with Gasteiger partial charge in [0.1, 0.15) is 5.82 Å². The van der Waals surface area contributed by atoms with Gasteiger partial charge in [0.05, 0.1) is 24.8 Å². The van der Waals surface area contributed by atoms with Gasteiger partial charge in [-0.25, -0.2) is 4.68 Å². The molecule has 0 radical (unpaired) electrons. The van der Waals surface area contributed by atoms with E-state index in [4.69, 9.17) is 5.73 Å². The molecule has 1 aromatic heterocycles. The molecule has 1 aromatic carbocycles. The van der Waals surface area contributed by atoms with Gasteiger partial charge in [0, 0.05) is 6.07 Å². The maximum absolute atomic E-state index is 12.1. The molecule has 0 unspecified atom stereocenters. The number of anilines is 1. The zero-order chi connectivity index (χ0) is 18.4. The molecule has 2 aromatic rings. The average Bonchev–Trinajstić information content (AvgIpc) is 2.91. The first kappa shape index (κ1) is 18.7. The Labute approximate surface area is 147 Å². The number of hydrogen-bond acceptors (Lipinski definition) is 4. The van der Waals surface area contributed by atoms with Crippen LogP contribution in [0.1, 0.15) is 25.1 Å². The Morgan fingerprint density at radius 2 is 1.92 bits per heavy atom. The molecular weight excluding hydrogens is 318 g/mol. The summed E-state index contributed by atoms with van der Waals surface area (Å²) < 4.78 is 1.73. The van der Waals surface area contributed by atoms with Crippen LogP contribution in [0.2, 0.25) is 0 Å². The second-order valence-electron chi connectivity index (χ2n) is 6.35. The van der Waals surface area contributed by atoms with Crippen molar-refractivity contribution in [3.8, 4) is 0 Å². The van der Waals surface area contributed by atoms with Crippen molar-refractivity contribution >= 4 is 17.6 Å². The van der Waals surface area contributed by atoms with Crippen molar-refractivity contribution < 1.29 is 9.59 Å². The number of amides is 2. The summed E-state index contributed by atoms with van der Waals surface area (Å²) in [6.45, 7) is 5.99. The van der Waals surface area contributed by atoms with Gasteiger partial charge in [0.15, 0.2) is 0 Å². The molecule has 7 nitrogen and oxygen atoms in total. The van der Waals surface area contributed by atoms with Gasteiger partial charge in [0.2, 0.25) is 11.8 Å². The highest BCUT2D eigenvalue weighted by Crippen LogP contribution is 2.13. The highest BCUT2D eigenvalue weighted by Gasteiger charge is 2.18. The first-order valence-electron chi connectivity index (χ1n) is 8.28. The van der Waals surface area contributed by atoms with E-state index >= 15 is 0 Å². The van der Waals surface area contributed by atoms with E-state index in [0.29, 0.717) is 12.4 Å². The van der Waals surface area contributed by atoms with Gasteiger partial charge < -0.3 is 16.4 Å². The third-order valence-corrected chi connectivity index (χ3v) is 3.79. The first-order valence-corrected chi connectivity index (χ1v) is 8.28. The molecule has 0 saturated heterocycles. The highest BCUT2D eigenvalue weighted by atomic mass is 16.2. The van der Waals surface area contributed by atoms with Crippen molar-refractivity contribution in [1.82, 2.24) is 15.1 Å². The van der Waals surface area contributed by atoms with Crippen LogP contribution in [0.3, 0.4) is 0 Å². The minimum Gasteiger partial charge on any atom is -0.346 e. The number of rotatable bonds is 7. The highest BCUT2D eigenvalue weighted by molar-refractivity contribution is 5.94. The summed E-state index contributed by atoms with van der Waals surface area (Å²) in [6.07, 6.45) is 0. The molecule has 4 N–H and O–H groups in total. The monoisotopic (exact) mass is 343 g/mol. The number of benzene rings is 1. The van der Waals surface area contributed by atoms with Gasteiger partial charge >= 0.3 is 0 Å². The Morgan fingerprint density at radius 1 is 1.24 bits per heavy atom. The first-order chi connectivity index (χ1) is 11.9. The second kappa shape index (κ2) is 8.43. The molecule has 0 bridgehead atoms. The second-order valence-corrected chi connectivity index (χ2v) is 6.35. The van der Waals surface area contributed by atoms with Gasteiger partial charge in [-0.15, -0.1) is 0 Å². The number of aromatic nitrogens is 2. The van der Waals surface area contributed by atoms with Crippen LogP contribution in [0.5, 0.6) is 0 Å². The number of hydrogen-bond donors (Lipinski definition) is 3. The largest absolute Gasteiger partial charge is 0.346 e. The fraction of sp³-hybridized carbons (Fsp3) is 0.389. The minimum absolute atomic E-state index is 0.0121. The SMILES string of the molecule is Cc1cc(NC(=O)CNC(=O)[C@@H](N)C(C)C)n(Cc2ccccc2)n1. The van der Waals surface area contributed by atoms with Crippen molar-refractivity contribution in [2.75, 3.05) is 11.9 Å².